The second kappa shape index (κ2) is 7.75. The second-order valence-electron chi connectivity index (χ2n) is 6.94. The molecular formula is C20H20F2N4O3. The fourth-order valence-electron chi connectivity index (χ4n) is 3.32. The Kier molecular flexibility index (Phi) is 5.14. The van der Waals surface area contributed by atoms with Crippen LogP contribution in [-0.2, 0) is 0 Å². The van der Waals surface area contributed by atoms with Crippen molar-refractivity contribution in [2.75, 3.05) is 11.9 Å². The summed E-state index contributed by atoms with van der Waals surface area (Å²) in [5.41, 5.74) is 1.33. The number of rotatable bonds is 6. The van der Waals surface area contributed by atoms with E-state index in [2.05, 4.69) is 15.3 Å². The van der Waals surface area contributed by atoms with Crippen molar-refractivity contribution in [3.05, 3.63) is 53.7 Å². The van der Waals surface area contributed by atoms with E-state index in [1.165, 1.54) is 18.2 Å². The molecule has 0 bridgehead atoms. The molecule has 3 aromatic heterocycles. The van der Waals surface area contributed by atoms with E-state index in [0.717, 1.165) is 5.69 Å². The van der Waals surface area contributed by atoms with Crippen molar-refractivity contribution in [2.45, 2.75) is 38.2 Å². The summed E-state index contributed by atoms with van der Waals surface area (Å²) in [5.74, 6) is 0.0131. The van der Waals surface area contributed by atoms with Gasteiger partial charge in [0.2, 0.25) is 0 Å². The summed E-state index contributed by atoms with van der Waals surface area (Å²) in [7, 11) is 0. The number of aliphatic hydroxyl groups is 1. The number of carbonyl (C=O) groups excluding carboxylic acids is 1. The molecule has 0 unspecified atom stereocenters. The molecule has 1 amide bonds. The molecule has 1 fully saturated rings. The van der Waals surface area contributed by atoms with Crippen molar-refractivity contribution < 1.29 is 23.4 Å². The zero-order valence-electron chi connectivity index (χ0n) is 15.7. The van der Waals surface area contributed by atoms with Gasteiger partial charge in [-0.1, -0.05) is 6.07 Å². The number of ether oxygens (including phenoxy) is 1. The highest BCUT2D eigenvalue weighted by Crippen LogP contribution is 2.37. The Labute approximate surface area is 165 Å². The third-order valence-electron chi connectivity index (χ3n) is 4.88. The highest BCUT2D eigenvalue weighted by atomic mass is 19.3. The van der Waals surface area contributed by atoms with Crippen LogP contribution < -0.4 is 10.1 Å². The highest BCUT2D eigenvalue weighted by Gasteiger charge is 2.30. The van der Waals surface area contributed by atoms with E-state index < -0.39 is 18.0 Å². The molecule has 1 aliphatic rings. The standard InChI is InChI=1S/C20H20F2N4O3/c1-2-29-17-8-18-24-15(11-6-12(27)7-11)9-26(18)10-16(17)25-20(28)14-5-3-4-13(23-14)19(21)22/h3-5,8-12,19,27H,2,6-7H2,1H3,(H,25,28). The number of hydrogen-bond donors (Lipinski definition) is 2. The predicted octanol–water partition coefficient (Wildman–Crippen LogP) is 3.56. The number of pyridine rings is 2. The molecule has 0 spiro atoms. The van der Waals surface area contributed by atoms with Crippen LogP contribution >= 0.6 is 0 Å². The van der Waals surface area contributed by atoms with Crippen molar-refractivity contribution in [1.82, 2.24) is 14.4 Å². The number of anilines is 1. The van der Waals surface area contributed by atoms with Crippen LogP contribution in [0.2, 0.25) is 0 Å². The number of fused-ring (bicyclic) bond motifs is 1. The highest BCUT2D eigenvalue weighted by molar-refractivity contribution is 6.03. The van der Waals surface area contributed by atoms with E-state index in [4.69, 9.17) is 4.74 Å². The van der Waals surface area contributed by atoms with Gasteiger partial charge in [-0.3, -0.25) is 4.79 Å². The lowest BCUT2D eigenvalue weighted by Crippen LogP contribution is -2.26. The molecule has 9 heteroatoms. The van der Waals surface area contributed by atoms with Crippen LogP contribution in [0.4, 0.5) is 14.5 Å². The molecule has 3 heterocycles. The van der Waals surface area contributed by atoms with Crippen LogP contribution in [0, 0.1) is 0 Å². The molecule has 3 aromatic rings. The minimum absolute atomic E-state index is 0.111. The number of nitrogens with one attached hydrogen (secondary N) is 1. The Bertz CT molecular complexity index is 1050. The van der Waals surface area contributed by atoms with Crippen molar-refractivity contribution in [3.63, 3.8) is 0 Å². The molecule has 0 aromatic carbocycles. The lowest BCUT2D eigenvalue weighted by Gasteiger charge is -2.29. The Hall–Kier alpha value is -3.07. The number of aromatic nitrogens is 3. The van der Waals surface area contributed by atoms with E-state index >= 15 is 0 Å². The number of amides is 1. The van der Waals surface area contributed by atoms with Gasteiger partial charge < -0.3 is 19.6 Å². The number of hydrogen-bond acceptors (Lipinski definition) is 5. The number of imidazole rings is 1. The maximum atomic E-state index is 12.9. The van der Waals surface area contributed by atoms with Crippen LogP contribution in [0.25, 0.3) is 5.65 Å². The number of alkyl halides is 2. The molecule has 0 saturated heterocycles. The van der Waals surface area contributed by atoms with Gasteiger partial charge in [0.1, 0.15) is 28.5 Å². The Morgan fingerprint density at radius 1 is 1.34 bits per heavy atom. The number of aliphatic hydroxyl groups excluding tert-OH is 1. The lowest BCUT2D eigenvalue weighted by molar-refractivity contribution is 0.0734. The molecule has 0 aliphatic heterocycles. The third kappa shape index (κ3) is 3.91. The summed E-state index contributed by atoms with van der Waals surface area (Å²) >= 11 is 0. The summed E-state index contributed by atoms with van der Waals surface area (Å²) in [6.45, 7) is 2.19. The topological polar surface area (TPSA) is 88.8 Å². The Balaban J connectivity index is 1.63. The average Bonchev–Trinajstić information content (AvgIpc) is 3.08. The van der Waals surface area contributed by atoms with E-state index in [9.17, 15) is 18.7 Å². The van der Waals surface area contributed by atoms with Crippen molar-refractivity contribution >= 4 is 17.2 Å². The van der Waals surface area contributed by atoms with Crippen molar-refractivity contribution in [2.24, 2.45) is 0 Å². The van der Waals surface area contributed by atoms with Gasteiger partial charge in [0.05, 0.1) is 18.4 Å². The first-order valence-corrected chi connectivity index (χ1v) is 9.34. The maximum absolute atomic E-state index is 12.9. The normalized spacial score (nSPS) is 18.7. The smallest absolute Gasteiger partial charge is 0.280 e. The molecule has 1 aliphatic carbocycles. The molecule has 7 nitrogen and oxygen atoms in total. The van der Waals surface area contributed by atoms with Gasteiger partial charge in [-0.05, 0) is 31.9 Å². The van der Waals surface area contributed by atoms with Crippen molar-refractivity contribution in [1.29, 1.82) is 0 Å². The van der Waals surface area contributed by atoms with Gasteiger partial charge in [-0.2, -0.15) is 0 Å². The summed E-state index contributed by atoms with van der Waals surface area (Å²) in [4.78, 5) is 20.9. The van der Waals surface area contributed by atoms with Gasteiger partial charge in [-0.15, -0.1) is 0 Å². The number of halogens is 2. The predicted molar refractivity (Wildman–Crippen MR) is 101 cm³/mol. The van der Waals surface area contributed by atoms with Crippen LogP contribution in [0.15, 0.2) is 36.7 Å². The molecule has 29 heavy (non-hydrogen) atoms. The van der Waals surface area contributed by atoms with Crippen LogP contribution in [0.3, 0.4) is 0 Å². The van der Waals surface area contributed by atoms with Gasteiger partial charge in [0.25, 0.3) is 12.3 Å². The van der Waals surface area contributed by atoms with E-state index in [0.29, 0.717) is 36.5 Å². The zero-order valence-corrected chi connectivity index (χ0v) is 15.7. The molecule has 152 valence electrons. The molecular weight excluding hydrogens is 382 g/mol. The van der Waals surface area contributed by atoms with E-state index in [1.54, 1.807) is 16.7 Å². The first kappa shape index (κ1) is 19.3. The van der Waals surface area contributed by atoms with Crippen LogP contribution in [0.5, 0.6) is 5.75 Å². The van der Waals surface area contributed by atoms with Crippen LogP contribution in [-0.4, -0.2) is 38.1 Å². The minimum atomic E-state index is -2.76. The Morgan fingerprint density at radius 3 is 2.83 bits per heavy atom. The summed E-state index contributed by atoms with van der Waals surface area (Å²) < 4.78 is 33.1. The van der Waals surface area contributed by atoms with Crippen LogP contribution in [0.1, 0.15) is 54.0 Å². The number of carbonyl (C=O) groups is 1. The van der Waals surface area contributed by atoms with Gasteiger partial charge in [0.15, 0.2) is 0 Å². The first-order valence-electron chi connectivity index (χ1n) is 9.34. The summed E-state index contributed by atoms with van der Waals surface area (Å²) in [6.07, 6.45) is 1.84. The fraction of sp³-hybridized carbons (Fsp3) is 0.350. The minimum Gasteiger partial charge on any atom is -0.491 e. The van der Waals surface area contributed by atoms with E-state index in [1.807, 2.05) is 13.1 Å². The first-order chi connectivity index (χ1) is 13.9. The summed E-state index contributed by atoms with van der Waals surface area (Å²) in [5, 5.41) is 12.2. The molecule has 4 rings (SSSR count). The molecule has 0 atom stereocenters. The van der Waals surface area contributed by atoms with E-state index in [-0.39, 0.29) is 17.7 Å². The fourth-order valence-corrected chi connectivity index (χ4v) is 3.32. The molecule has 0 radical (unpaired) electrons. The zero-order chi connectivity index (χ0) is 20.5. The monoisotopic (exact) mass is 402 g/mol. The van der Waals surface area contributed by atoms with Gasteiger partial charge in [-0.25, -0.2) is 18.7 Å². The summed E-state index contributed by atoms with van der Waals surface area (Å²) in [6, 6.07) is 5.62. The largest absolute Gasteiger partial charge is 0.491 e. The lowest BCUT2D eigenvalue weighted by atomic mass is 9.80. The Morgan fingerprint density at radius 2 is 2.14 bits per heavy atom. The molecule has 1 saturated carbocycles. The molecule has 2 N–H and O–H groups in total. The average molecular weight is 402 g/mol. The third-order valence-corrected chi connectivity index (χ3v) is 4.88. The van der Waals surface area contributed by atoms with Gasteiger partial charge >= 0.3 is 0 Å². The number of nitrogens with zero attached hydrogens (tertiary/aromatic N) is 3. The second-order valence-corrected chi connectivity index (χ2v) is 6.94. The van der Waals surface area contributed by atoms with Crippen molar-refractivity contribution in [3.8, 4) is 5.75 Å². The maximum Gasteiger partial charge on any atom is 0.280 e. The quantitative estimate of drug-likeness (QED) is 0.658. The SMILES string of the molecule is CCOc1cc2nc(C3CC(O)C3)cn2cc1NC(=O)c1cccc(C(F)F)n1. The van der Waals surface area contributed by atoms with Gasteiger partial charge in [0, 0.05) is 24.4 Å².